The van der Waals surface area contributed by atoms with Gasteiger partial charge in [-0.3, -0.25) is 0 Å². The summed E-state index contributed by atoms with van der Waals surface area (Å²) in [5.41, 5.74) is 7.66. The molecule has 1 aromatic rings. The maximum absolute atomic E-state index is 5.69. The first kappa shape index (κ1) is 13.9. The second-order valence-electron chi connectivity index (χ2n) is 4.97. The lowest BCUT2D eigenvalue weighted by molar-refractivity contribution is 0.210. The van der Waals surface area contributed by atoms with Crippen LogP contribution in [0.4, 0.5) is 5.69 Å². The molecule has 94 valence electrons. The van der Waals surface area contributed by atoms with Gasteiger partial charge in [-0.25, -0.2) is 0 Å². The minimum atomic E-state index is 0.0727. The van der Waals surface area contributed by atoms with Gasteiger partial charge in [0.1, 0.15) is 4.99 Å². The number of thiocarbonyl (C=S) groups is 1. The van der Waals surface area contributed by atoms with Crippen molar-refractivity contribution in [1.82, 2.24) is 4.90 Å². The summed E-state index contributed by atoms with van der Waals surface area (Å²) in [5, 5.41) is 3.41. The van der Waals surface area contributed by atoms with E-state index in [0.29, 0.717) is 4.99 Å². The number of anilines is 1. The summed E-state index contributed by atoms with van der Waals surface area (Å²) in [6, 6.07) is 7.86. The van der Waals surface area contributed by atoms with E-state index in [0.717, 1.165) is 17.8 Å². The lowest BCUT2D eigenvalue weighted by Gasteiger charge is -2.33. The van der Waals surface area contributed by atoms with Crippen molar-refractivity contribution in [1.29, 1.82) is 0 Å². The van der Waals surface area contributed by atoms with E-state index < -0.39 is 0 Å². The molecule has 0 aromatic heterocycles. The van der Waals surface area contributed by atoms with Crippen LogP contribution >= 0.6 is 12.2 Å². The van der Waals surface area contributed by atoms with Crippen molar-refractivity contribution in [2.45, 2.75) is 19.4 Å². The van der Waals surface area contributed by atoms with Crippen molar-refractivity contribution in [3.63, 3.8) is 0 Å². The van der Waals surface area contributed by atoms with Crippen LogP contribution in [0.2, 0.25) is 0 Å². The topological polar surface area (TPSA) is 41.3 Å². The molecule has 0 unspecified atom stereocenters. The summed E-state index contributed by atoms with van der Waals surface area (Å²) in [4.78, 5) is 2.61. The van der Waals surface area contributed by atoms with Gasteiger partial charge in [0.05, 0.1) is 0 Å². The molecule has 0 saturated heterocycles. The van der Waals surface area contributed by atoms with Crippen LogP contribution in [0.3, 0.4) is 0 Å². The normalized spacial score (nSPS) is 11.6. The number of likely N-dealkylation sites (N-methyl/N-ethyl adjacent to an activating group) is 1. The van der Waals surface area contributed by atoms with E-state index in [9.17, 15) is 0 Å². The highest BCUT2D eigenvalue weighted by Gasteiger charge is 2.20. The fraction of sp³-hybridized carbons (Fsp3) is 0.462. The molecule has 17 heavy (non-hydrogen) atoms. The predicted molar refractivity (Wildman–Crippen MR) is 78.6 cm³/mol. The van der Waals surface area contributed by atoms with Gasteiger partial charge in [0.25, 0.3) is 0 Å². The van der Waals surface area contributed by atoms with Gasteiger partial charge in [-0.05, 0) is 40.1 Å². The van der Waals surface area contributed by atoms with Gasteiger partial charge in [0.15, 0.2) is 0 Å². The van der Waals surface area contributed by atoms with Crippen LogP contribution in [0.25, 0.3) is 0 Å². The first-order chi connectivity index (χ1) is 7.84. The van der Waals surface area contributed by atoms with Gasteiger partial charge >= 0.3 is 0 Å². The Kier molecular flexibility index (Phi) is 4.48. The molecule has 0 atom stereocenters. The molecular formula is C13H21N3S. The van der Waals surface area contributed by atoms with Crippen LogP contribution < -0.4 is 11.1 Å². The van der Waals surface area contributed by atoms with Crippen molar-refractivity contribution >= 4 is 22.9 Å². The van der Waals surface area contributed by atoms with Gasteiger partial charge in [-0.15, -0.1) is 0 Å². The zero-order valence-corrected chi connectivity index (χ0v) is 11.8. The Labute approximate surface area is 109 Å². The smallest absolute Gasteiger partial charge is 0.106 e. The van der Waals surface area contributed by atoms with E-state index in [1.807, 2.05) is 24.3 Å². The summed E-state index contributed by atoms with van der Waals surface area (Å²) in [6.45, 7) is 5.20. The quantitative estimate of drug-likeness (QED) is 0.786. The highest BCUT2D eigenvalue weighted by molar-refractivity contribution is 7.80. The average molecular weight is 251 g/mol. The molecule has 0 aliphatic rings. The number of benzene rings is 1. The van der Waals surface area contributed by atoms with Gasteiger partial charge in [0.2, 0.25) is 0 Å². The average Bonchev–Trinajstić information content (AvgIpc) is 2.26. The van der Waals surface area contributed by atoms with Crippen LogP contribution in [0.15, 0.2) is 24.3 Å². The van der Waals surface area contributed by atoms with Gasteiger partial charge < -0.3 is 16.0 Å². The van der Waals surface area contributed by atoms with Crippen LogP contribution in [-0.4, -0.2) is 36.1 Å². The van der Waals surface area contributed by atoms with Crippen LogP contribution in [0.5, 0.6) is 0 Å². The lowest BCUT2D eigenvalue weighted by atomic mass is 10.0. The Morgan fingerprint density at radius 1 is 1.35 bits per heavy atom. The molecule has 0 spiro atoms. The van der Waals surface area contributed by atoms with Crippen LogP contribution in [0, 0.1) is 0 Å². The van der Waals surface area contributed by atoms with E-state index in [2.05, 4.69) is 38.2 Å². The number of nitrogens with one attached hydrogen (secondary N) is 1. The molecule has 0 amide bonds. The standard InChI is InChI=1S/C13H21N3S/c1-13(2,16(3)4)9-15-11-8-6-5-7-10(11)12(14)17/h5-8,15H,9H2,1-4H3,(H2,14,17). The summed E-state index contributed by atoms with van der Waals surface area (Å²) in [7, 11) is 4.14. The van der Waals surface area contributed by atoms with Gasteiger partial charge in [-0.1, -0.05) is 24.4 Å². The van der Waals surface area contributed by atoms with E-state index in [1.54, 1.807) is 0 Å². The molecule has 0 radical (unpaired) electrons. The number of rotatable bonds is 5. The van der Waals surface area contributed by atoms with Crippen molar-refractivity contribution in [3.05, 3.63) is 29.8 Å². The molecule has 0 saturated carbocycles. The molecule has 0 fully saturated rings. The maximum Gasteiger partial charge on any atom is 0.106 e. The predicted octanol–water partition coefficient (Wildman–Crippen LogP) is 2.07. The number of nitrogens with two attached hydrogens (primary N) is 1. The van der Waals surface area contributed by atoms with Crippen molar-refractivity contribution < 1.29 is 0 Å². The number of hydrogen-bond acceptors (Lipinski definition) is 3. The Morgan fingerprint density at radius 2 is 1.94 bits per heavy atom. The SMILES string of the molecule is CN(C)C(C)(C)CNc1ccccc1C(N)=S. The molecule has 1 rings (SSSR count). The monoisotopic (exact) mass is 251 g/mol. The van der Waals surface area contributed by atoms with Crippen molar-refractivity contribution in [2.75, 3.05) is 26.0 Å². The summed E-state index contributed by atoms with van der Waals surface area (Å²) in [5.74, 6) is 0. The number of hydrogen-bond donors (Lipinski definition) is 2. The Morgan fingerprint density at radius 3 is 2.47 bits per heavy atom. The zero-order chi connectivity index (χ0) is 13.1. The Bertz CT molecular complexity index is 399. The third-order valence-corrected chi connectivity index (χ3v) is 3.33. The molecule has 3 nitrogen and oxygen atoms in total. The van der Waals surface area contributed by atoms with Crippen LogP contribution in [-0.2, 0) is 0 Å². The fourth-order valence-corrected chi connectivity index (χ4v) is 1.50. The van der Waals surface area contributed by atoms with Gasteiger partial charge in [0, 0.05) is 23.3 Å². The maximum atomic E-state index is 5.69. The summed E-state index contributed by atoms with van der Waals surface area (Å²) in [6.07, 6.45) is 0. The summed E-state index contributed by atoms with van der Waals surface area (Å²) < 4.78 is 0. The third kappa shape index (κ3) is 3.68. The highest BCUT2D eigenvalue weighted by atomic mass is 32.1. The van der Waals surface area contributed by atoms with E-state index >= 15 is 0 Å². The molecule has 4 heteroatoms. The molecule has 0 heterocycles. The lowest BCUT2D eigenvalue weighted by Crippen LogP contribution is -2.44. The fourth-order valence-electron chi connectivity index (χ4n) is 1.32. The second-order valence-corrected chi connectivity index (χ2v) is 5.41. The first-order valence-corrected chi connectivity index (χ1v) is 6.05. The van der Waals surface area contributed by atoms with E-state index in [4.69, 9.17) is 18.0 Å². The molecule has 0 bridgehead atoms. The second kappa shape index (κ2) is 5.47. The molecule has 1 aromatic carbocycles. The third-order valence-electron chi connectivity index (χ3n) is 3.11. The summed E-state index contributed by atoms with van der Waals surface area (Å²) >= 11 is 5.04. The highest BCUT2D eigenvalue weighted by Crippen LogP contribution is 2.17. The zero-order valence-electron chi connectivity index (χ0n) is 10.9. The molecule has 0 aliphatic heterocycles. The molecular weight excluding hydrogens is 230 g/mol. The molecule has 0 aliphatic carbocycles. The Balaban J connectivity index is 2.79. The first-order valence-electron chi connectivity index (χ1n) is 5.65. The van der Waals surface area contributed by atoms with Gasteiger partial charge in [-0.2, -0.15) is 0 Å². The van der Waals surface area contributed by atoms with Crippen molar-refractivity contribution in [3.8, 4) is 0 Å². The number of para-hydroxylation sites is 1. The minimum absolute atomic E-state index is 0.0727. The van der Waals surface area contributed by atoms with E-state index in [-0.39, 0.29) is 5.54 Å². The van der Waals surface area contributed by atoms with E-state index in [1.165, 1.54) is 0 Å². The van der Waals surface area contributed by atoms with Crippen LogP contribution in [0.1, 0.15) is 19.4 Å². The largest absolute Gasteiger partial charge is 0.389 e. The minimum Gasteiger partial charge on any atom is -0.389 e. The number of nitrogens with zero attached hydrogens (tertiary/aromatic N) is 1. The van der Waals surface area contributed by atoms with Crippen molar-refractivity contribution in [2.24, 2.45) is 5.73 Å². The molecule has 3 N–H and O–H groups in total. The Hall–Kier alpha value is -1.13.